The van der Waals surface area contributed by atoms with E-state index in [2.05, 4.69) is 20.8 Å². The van der Waals surface area contributed by atoms with Crippen molar-refractivity contribution >= 4 is 23.8 Å². The van der Waals surface area contributed by atoms with Crippen LogP contribution in [0, 0.1) is 28.6 Å². The number of carboxylic acids is 1. The molecule has 4 aliphatic rings. The molecule has 1 N–H and O–H groups in total. The predicted molar refractivity (Wildman–Crippen MR) is 196 cm³/mol. The Hall–Kier alpha value is -2.22. The van der Waals surface area contributed by atoms with E-state index in [0.717, 1.165) is 64.2 Å². The third kappa shape index (κ3) is 10.4. The fourth-order valence-electron chi connectivity index (χ4n) is 10.4. The number of unbranched alkanes of at least 4 members (excludes halogenated alkanes) is 12. The van der Waals surface area contributed by atoms with E-state index in [0.29, 0.717) is 24.2 Å². The zero-order chi connectivity index (χ0) is 36.4. The lowest BCUT2D eigenvalue weighted by molar-refractivity contribution is -0.821. The topological polar surface area (TPSA) is 107 Å². The molecule has 1 unspecified atom stereocenters. The number of hydrogen-bond donors (Lipinski definition) is 1. The van der Waals surface area contributed by atoms with E-state index >= 15 is 0 Å². The zero-order valence-corrected chi connectivity index (χ0v) is 32.3. The van der Waals surface area contributed by atoms with Gasteiger partial charge in [-0.2, -0.15) is 4.79 Å². The molecule has 0 saturated heterocycles. The molecule has 4 rings (SSSR count). The Morgan fingerprint density at radius 1 is 0.840 bits per heavy atom. The third-order valence-electron chi connectivity index (χ3n) is 13.5. The molecule has 8 nitrogen and oxygen atoms in total. The Bertz CT molecular complexity index is 1190. The van der Waals surface area contributed by atoms with E-state index in [1.807, 2.05) is 6.08 Å². The van der Waals surface area contributed by atoms with Crippen LogP contribution in [0.25, 0.3) is 0 Å². The minimum atomic E-state index is -1.05. The van der Waals surface area contributed by atoms with E-state index in [9.17, 15) is 24.3 Å². The summed E-state index contributed by atoms with van der Waals surface area (Å²) in [6, 6.07) is 0. The fourth-order valence-corrected chi connectivity index (χ4v) is 10.4. The van der Waals surface area contributed by atoms with Crippen molar-refractivity contribution in [2.75, 3.05) is 20.6 Å². The van der Waals surface area contributed by atoms with Crippen LogP contribution in [-0.4, -0.2) is 66.3 Å². The molecular formula is C42H70NO7+. The van der Waals surface area contributed by atoms with Gasteiger partial charge < -0.3 is 14.6 Å². The Balaban J connectivity index is 1.20. The molecule has 284 valence electrons. The van der Waals surface area contributed by atoms with Crippen LogP contribution in [0.3, 0.4) is 0 Å². The van der Waals surface area contributed by atoms with Crippen molar-refractivity contribution in [2.24, 2.45) is 28.6 Å². The minimum Gasteiger partial charge on any atom is -0.481 e. The minimum absolute atomic E-state index is 0.0548. The summed E-state index contributed by atoms with van der Waals surface area (Å²) in [5.74, 6) is 0.460. The molecule has 3 saturated carbocycles. The maximum Gasteiger partial charge on any atom is 0.515 e. The van der Waals surface area contributed by atoms with E-state index in [1.165, 1.54) is 69.8 Å². The summed E-state index contributed by atoms with van der Waals surface area (Å²) in [6.07, 6.45) is 23.9. The van der Waals surface area contributed by atoms with Crippen molar-refractivity contribution in [3.63, 3.8) is 0 Å². The van der Waals surface area contributed by atoms with E-state index in [4.69, 9.17) is 9.47 Å². The normalized spacial score (nSPS) is 29.7. The molecule has 0 aromatic carbocycles. The van der Waals surface area contributed by atoms with Gasteiger partial charge in [0, 0.05) is 18.3 Å². The third-order valence-corrected chi connectivity index (χ3v) is 13.5. The van der Waals surface area contributed by atoms with Crippen molar-refractivity contribution < 1.29 is 38.2 Å². The molecular weight excluding hydrogens is 630 g/mol. The number of carbonyl (C=O) groups excluding carboxylic acids is 3. The molecule has 3 fully saturated rings. The number of ether oxygens (including phenoxy) is 2. The van der Waals surface area contributed by atoms with Crippen molar-refractivity contribution in [1.82, 2.24) is 0 Å². The first-order chi connectivity index (χ1) is 23.8. The van der Waals surface area contributed by atoms with Crippen LogP contribution < -0.4 is 0 Å². The molecule has 8 heteroatoms. The highest BCUT2D eigenvalue weighted by Crippen LogP contribution is 2.65. The van der Waals surface area contributed by atoms with Crippen LogP contribution in [0.2, 0.25) is 0 Å². The van der Waals surface area contributed by atoms with E-state index < -0.39 is 24.1 Å². The van der Waals surface area contributed by atoms with Crippen LogP contribution in [0.4, 0.5) is 4.79 Å². The van der Waals surface area contributed by atoms with Crippen molar-refractivity contribution in [3.05, 3.63) is 11.6 Å². The predicted octanol–water partition coefficient (Wildman–Crippen LogP) is 9.97. The SMILES string of the molecule is CCCCCCCCCCCCCCCC(=O)OC(CC(=O)O)C[N+](C)(C)C(=O)O[C@H]1CC[C@H]2[C@@H]3CCC4=CC(=O)CC[C@]4(C)[C@H]3CC[C@]12C. The average Bonchev–Trinajstić information content (AvgIpc) is 3.38. The summed E-state index contributed by atoms with van der Waals surface area (Å²) in [6.45, 7) is 7.00. The van der Waals surface area contributed by atoms with Gasteiger partial charge in [0.15, 0.2) is 11.9 Å². The first-order valence-electron chi connectivity index (χ1n) is 20.5. The number of hydrogen-bond acceptors (Lipinski definition) is 6. The Kier molecular flexibility index (Phi) is 15.0. The van der Waals surface area contributed by atoms with Gasteiger partial charge in [0.25, 0.3) is 0 Å². The number of amides is 1. The molecule has 0 aliphatic heterocycles. The van der Waals surface area contributed by atoms with Crippen LogP contribution in [0.5, 0.6) is 0 Å². The smallest absolute Gasteiger partial charge is 0.481 e. The number of aliphatic carboxylic acids is 1. The quantitative estimate of drug-likeness (QED) is 0.0765. The second kappa shape index (κ2) is 18.5. The molecule has 0 aromatic heterocycles. The van der Waals surface area contributed by atoms with Crippen molar-refractivity contribution in [3.8, 4) is 0 Å². The Labute approximate surface area is 303 Å². The lowest BCUT2D eigenvalue weighted by Crippen LogP contribution is -2.55. The molecule has 0 heterocycles. The Morgan fingerprint density at radius 2 is 1.46 bits per heavy atom. The number of rotatable bonds is 20. The molecule has 7 atom stereocenters. The number of likely N-dealkylation sites (N-methyl/N-ethyl adjacent to an activating group) is 1. The number of nitrogens with zero attached hydrogens (tertiary/aromatic N) is 1. The van der Waals surface area contributed by atoms with Crippen molar-refractivity contribution in [2.45, 2.75) is 181 Å². The number of esters is 1. The highest BCUT2D eigenvalue weighted by Gasteiger charge is 2.60. The molecule has 0 spiro atoms. The number of carbonyl (C=O) groups is 4. The first kappa shape index (κ1) is 40.5. The lowest BCUT2D eigenvalue weighted by Gasteiger charge is -2.57. The van der Waals surface area contributed by atoms with Gasteiger partial charge >= 0.3 is 18.0 Å². The number of carboxylic acid groups (broad SMARTS) is 1. The van der Waals surface area contributed by atoms with Crippen molar-refractivity contribution in [1.29, 1.82) is 0 Å². The van der Waals surface area contributed by atoms with Gasteiger partial charge in [0.1, 0.15) is 12.6 Å². The summed E-state index contributed by atoms with van der Waals surface area (Å²) < 4.78 is 11.8. The maximum absolute atomic E-state index is 13.7. The number of allylic oxidation sites excluding steroid dienone is 1. The number of quaternary nitrogens is 1. The van der Waals surface area contributed by atoms with Crippen LogP contribution >= 0.6 is 0 Å². The van der Waals surface area contributed by atoms with E-state index in [1.54, 1.807) is 14.1 Å². The lowest BCUT2D eigenvalue weighted by atomic mass is 9.47. The second-order valence-corrected chi connectivity index (χ2v) is 17.5. The summed E-state index contributed by atoms with van der Waals surface area (Å²) in [4.78, 5) is 50.4. The maximum atomic E-state index is 13.7. The van der Waals surface area contributed by atoms with Crippen LogP contribution in [0.1, 0.15) is 168 Å². The van der Waals surface area contributed by atoms with Crippen LogP contribution in [0.15, 0.2) is 11.6 Å². The van der Waals surface area contributed by atoms with E-state index in [-0.39, 0.29) is 46.6 Å². The average molecular weight is 701 g/mol. The largest absolute Gasteiger partial charge is 0.515 e. The van der Waals surface area contributed by atoms with Gasteiger partial charge in [-0.1, -0.05) is 103 Å². The second-order valence-electron chi connectivity index (χ2n) is 17.5. The number of ketones is 1. The first-order valence-corrected chi connectivity index (χ1v) is 20.5. The molecule has 0 aromatic rings. The van der Waals surface area contributed by atoms with Gasteiger partial charge in [-0.25, -0.2) is 4.48 Å². The zero-order valence-electron chi connectivity index (χ0n) is 32.3. The summed E-state index contributed by atoms with van der Waals surface area (Å²) in [5.41, 5.74) is 1.37. The van der Waals surface area contributed by atoms with Gasteiger partial charge in [0.2, 0.25) is 0 Å². The summed E-state index contributed by atoms with van der Waals surface area (Å²) in [7, 11) is 3.45. The monoisotopic (exact) mass is 701 g/mol. The highest BCUT2D eigenvalue weighted by molar-refractivity contribution is 5.91. The highest BCUT2D eigenvalue weighted by atomic mass is 16.6. The van der Waals surface area contributed by atoms with Gasteiger partial charge in [0.05, 0.1) is 20.5 Å². The number of fused-ring (bicyclic) bond motifs is 5. The van der Waals surface area contributed by atoms with Gasteiger partial charge in [-0.3, -0.25) is 14.4 Å². The molecule has 4 aliphatic carbocycles. The molecule has 0 radical (unpaired) electrons. The molecule has 50 heavy (non-hydrogen) atoms. The molecule has 1 amide bonds. The summed E-state index contributed by atoms with van der Waals surface area (Å²) in [5, 5.41) is 9.59. The fraction of sp³-hybridized carbons (Fsp3) is 0.857. The molecule has 0 bridgehead atoms. The van der Waals surface area contributed by atoms with Gasteiger partial charge in [-0.05, 0) is 80.6 Å². The van der Waals surface area contributed by atoms with Crippen LogP contribution in [-0.2, 0) is 23.9 Å². The standard InChI is InChI=1S/C42H69NO7/c1-6-7-8-9-10-11-12-13-14-15-16-17-18-19-39(47)49-33(29-38(45)46)30-43(4,5)40(48)50-37-23-22-35-34-21-20-31-28-32(44)24-26-41(31,2)36(34)25-27-42(35,37)3/h28,33-37H,6-27,29-30H2,1-5H3/p+1/t33?,34-,35-,36-,37-,41-,42-/m0/s1. The Morgan fingerprint density at radius 3 is 2.08 bits per heavy atom. The van der Waals surface area contributed by atoms with Gasteiger partial charge in [-0.15, -0.1) is 0 Å². The summed E-state index contributed by atoms with van der Waals surface area (Å²) >= 11 is 0.